The molecular weight excluding hydrogens is 186 g/mol. The lowest BCUT2D eigenvalue weighted by atomic mass is 10.0. The standard InChI is InChI=1S/C11H14F2O/c1-4-14-9-6-5-8(12)10(7(2)3)11(9)13/h5-7H,4H2,1-3H3. The monoisotopic (exact) mass is 200 g/mol. The summed E-state index contributed by atoms with van der Waals surface area (Å²) >= 11 is 0. The van der Waals surface area contributed by atoms with Crippen molar-refractivity contribution in [1.29, 1.82) is 0 Å². The summed E-state index contributed by atoms with van der Waals surface area (Å²) in [5, 5.41) is 0. The van der Waals surface area contributed by atoms with Crippen LogP contribution in [-0.2, 0) is 0 Å². The van der Waals surface area contributed by atoms with Gasteiger partial charge in [0.05, 0.1) is 6.61 Å². The van der Waals surface area contributed by atoms with Crippen LogP contribution in [0.1, 0.15) is 32.3 Å². The van der Waals surface area contributed by atoms with Crippen LogP contribution in [-0.4, -0.2) is 6.61 Å². The Morgan fingerprint density at radius 2 is 1.93 bits per heavy atom. The zero-order valence-corrected chi connectivity index (χ0v) is 8.60. The molecule has 0 unspecified atom stereocenters. The van der Waals surface area contributed by atoms with E-state index in [2.05, 4.69) is 0 Å². The summed E-state index contributed by atoms with van der Waals surface area (Å²) in [5.74, 6) is -1.16. The quantitative estimate of drug-likeness (QED) is 0.725. The summed E-state index contributed by atoms with van der Waals surface area (Å²) in [6.45, 7) is 5.63. The fourth-order valence-corrected chi connectivity index (χ4v) is 1.35. The second-order valence-corrected chi connectivity index (χ2v) is 3.36. The number of halogens is 2. The van der Waals surface area contributed by atoms with Gasteiger partial charge in [-0.15, -0.1) is 0 Å². The van der Waals surface area contributed by atoms with Crippen molar-refractivity contribution in [2.75, 3.05) is 6.61 Å². The molecule has 1 aromatic rings. The second-order valence-electron chi connectivity index (χ2n) is 3.36. The van der Waals surface area contributed by atoms with Gasteiger partial charge in [-0.3, -0.25) is 0 Å². The van der Waals surface area contributed by atoms with Crippen LogP contribution in [0.5, 0.6) is 5.75 Å². The summed E-state index contributed by atoms with van der Waals surface area (Å²) in [5.41, 5.74) is 0.0935. The highest BCUT2D eigenvalue weighted by Gasteiger charge is 2.16. The van der Waals surface area contributed by atoms with Crippen LogP contribution in [0, 0.1) is 11.6 Å². The fraction of sp³-hybridized carbons (Fsp3) is 0.455. The normalized spacial score (nSPS) is 10.7. The number of ether oxygens (including phenoxy) is 1. The molecule has 0 spiro atoms. The second kappa shape index (κ2) is 4.40. The molecule has 0 aliphatic carbocycles. The lowest BCUT2D eigenvalue weighted by molar-refractivity contribution is 0.317. The van der Waals surface area contributed by atoms with Gasteiger partial charge >= 0.3 is 0 Å². The topological polar surface area (TPSA) is 9.23 Å². The van der Waals surface area contributed by atoms with Gasteiger partial charge in [0.25, 0.3) is 0 Å². The minimum Gasteiger partial charge on any atom is -0.491 e. The van der Waals surface area contributed by atoms with Gasteiger partial charge in [0.15, 0.2) is 11.6 Å². The fourth-order valence-electron chi connectivity index (χ4n) is 1.35. The van der Waals surface area contributed by atoms with Crippen LogP contribution in [0.15, 0.2) is 12.1 Å². The van der Waals surface area contributed by atoms with Crippen molar-refractivity contribution in [3.8, 4) is 5.75 Å². The van der Waals surface area contributed by atoms with E-state index in [1.807, 2.05) is 0 Å². The van der Waals surface area contributed by atoms with Crippen molar-refractivity contribution in [3.63, 3.8) is 0 Å². The molecule has 0 saturated heterocycles. The van der Waals surface area contributed by atoms with E-state index in [4.69, 9.17) is 4.74 Å². The maximum absolute atomic E-state index is 13.6. The third-order valence-corrected chi connectivity index (χ3v) is 1.97. The summed E-state index contributed by atoms with van der Waals surface area (Å²) < 4.78 is 31.9. The Hall–Kier alpha value is -1.12. The molecule has 0 radical (unpaired) electrons. The molecule has 0 fully saturated rings. The third-order valence-electron chi connectivity index (χ3n) is 1.97. The molecule has 0 amide bonds. The van der Waals surface area contributed by atoms with Crippen molar-refractivity contribution in [3.05, 3.63) is 29.3 Å². The number of benzene rings is 1. The van der Waals surface area contributed by atoms with Gasteiger partial charge in [-0.2, -0.15) is 0 Å². The molecule has 14 heavy (non-hydrogen) atoms. The van der Waals surface area contributed by atoms with Gasteiger partial charge in [0.2, 0.25) is 0 Å². The van der Waals surface area contributed by atoms with Crippen molar-refractivity contribution in [2.24, 2.45) is 0 Å². The van der Waals surface area contributed by atoms with Crippen LogP contribution in [0.25, 0.3) is 0 Å². The molecule has 0 aliphatic heterocycles. The zero-order valence-electron chi connectivity index (χ0n) is 8.60. The first-order valence-electron chi connectivity index (χ1n) is 4.68. The van der Waals surface area contributed by atoms with Gasteiger partial charge in [0.1, 0.15) is 5.82 Å². The van der Waals surface area contributed by atoms with E-state index in [0.717, 1.165) is 0 Å². The van der Waals surface area contributed by atoms with E-state index in [9.17, 15) is 8.78 Å². The minimum atomic E-state index is -0.582. The SMILES string of the molecule is CCOc1ccc(F)c(C(C)C)c1F. The van der Waals surface area contributed by atoms with Crippen LogP contribution in [0.3, 0.4) is 0 Å². The molecule has 0 heterocycles. The summed E-state index contributed by atoms with van der Waals surface area (Å²) in [6.07, 6.45) is 0. The van der Waals surface area contributed by atoms with Gasteiger partial charge < -0.3 is 4.74 Å². The third kappa shape index (κ3) is 2.03. The van der Waals surface area contributed by atoms with Crippen LogP contribution >= 0.6 is 0 Å². The molecule has 0 atom stereocenters. The van der Waals surface area contributed by atoms with E-state index >= 15 is 0 Å². The van der Waals surface area contributed by atoms with Gasteiger partial charge in [0, 0.05) is 5.56 Å². The first kappa shape index (κ1) is 11.0. The Bertz CT molecular complexity index is 321. The Kier molecular flexibility index (Phi) is 3.44. The average Bonchev–Trinajstić information content (AvgIpc) is 2.10. The molecule has 0 N–H and O–H groups in total. The molecule has 0 aliphatic rings. The first-order chi connectivity index (χ1) is 6.57. The predicted molar refractivity (Wildman–Crippen MR) is 51.6 cm³/mol. The highest BCUT2D eigenvalue weighted by molar-refractivity contribution is 5.34. The number of hydrogen-bond donors (Lipinski definition) is 0. The van der Waals surface area contributed by atoms with E-state index in [0.29, 0.717) is 6.61 Å². The lowest BCUT2D eigenvalue weighted by Gasteiger charge is -2.12. The number of rotatable bonds is 3. The lowest BCUT2D eigenvalue weighted by Crippen LogP contribution is -2.02. The highest BCUT2D eigenvalue weighted by atomic mass is 19.1. The molecule has 0 bridgehead atoms. The summed E-state index contributed by atoms with van der Waals surface area (Å²) in [4.78, 5) is 0. The Morgan fingerprint density at radius 3 is 2.43 bits per heavy atom. The molecule has 3 heteroatoms. The molecule has 78 valence electrons. The van der Waals surface area contributed by atoms with E-state index in [-0.39, 0.29) is 17.2 Å². The Balaban J connectivity index is 3.19. The average molecular weight is 200 g/mol. The summed E-state index contributed by atoms with van der Waals surface area (Å²) in [7, 11) is 0. The minimum absolute atomic E-state index is 0.0935. The van der Waals surface area contributed by atoms with E-state index in [1.165, 1.54) is 12.1 Å². The van der Waals surface area contributed by atoms with Crippen LogP contribution in [0.4, 0.5) is 8.78 Å². The molecule has 0 aromatic heterocycles. The van der Waals surface area contributed by atoms with Crippen molar-refractivity contribution < 1.29 is 13.5 Å². The van der Waals surface area contributed by atoms with Crippen molar-refractivity contribution in [2.45, 2.75) is 26.7 Å². The summed E-state index contributed by atoms with van der Waals surface area (Å²) in [6, 6.07) is 2.56. The van der Waals surface area contributed by atoms with E-state index < -0.39 is 11.6 Å². The predicted octanol–water partition coefficient (Wildman–Crippen LogP) is 3.49. The smallest absolute Gasteiger partial charge is 0.171 e. The first-order valence-corrected chi connectivity index (χ1v) is 4.68. The van der Waals surface area contributed by atoms with Gasteiger partial charge in [-0.05, 0) is 25.0 Å². The zero-order chi connectivity index (χ0) is 10.7. The van der Waals surface area contributed by atoms with Crippen molar-refractivity contribution >= 4 is 0 Å². The molecule has 1 rings (SSSR count). The Labute approximate surface area is 82.7 Å². The molecule has 1 nitrogen and oxygen atoms in total. The van der Waals surface area contributed by atoms with Crippen LogP contribution < -0.4 is 4.74 Å². The maximum Gasteiger partial charge on any atom is 0.171 e. The Morgan fingerprint density at radius 1 is 1.29 bits per heavy atom. The van der Waals surface area contributed by atoms with Crippen molar-refractivity contribution in [1.82, 2.24) is 0 Å². The molecule has 1 aromatic carbocycles. The number of hydrogen-bond acceptors (Lipinski definition) is 1. The molecule has 0 saturated carbocycles. The highest BCUT2D eigenvalue weighted by Crippen LogP contribution is 2.28. The van der Waals surface area contributed by atoms with Gasteiger partial charge in [-0.1, -0.05) is 13.8 Å². The van der Waals surface area contributed by atoms with Gasteiger partial charge in [-0.25, -0.2) is 8.78 Å². The largest absolute Gasteiger partial charge is 0.491 e. The maximum atomic E-state index is 13.6. The molecular formula is C11H14F2O. The van der Waals surface area contributed by atoms with E-state index in [1.54, 1.807) is 20.8 Å². The van der Waals surface area contributed by atoms with Crippen LogP contribution in [0.2, 0.25) is 0 Å².